The van der Waals surface area contributed by atoms with Gasteiger partial charge in [-0.2, -0.15) is 0 Å². The molecule has 1 saturated heterocycles. The zero-order valence-corrected chi connectivity index (χ0v) is 14.3. The highest BCUT2D eigenvalue weighted by Crippen LogP contribution is 2.25. The van der Waals surface area contributed by atoms with E-state index in [-0.39, 0.29) is 12.8 Å². The molecule has 0 aliphatic carbocycles. The van der Waals surface area contributed by atoms with Crippen molar-refractivity contribution in [2.24, 2.45) is 0 Å². The number of amides is 1. The summed E-state index contributed by atoms with van der Waals surface area (Å²) in [4.78, 5) is 28.7. The van der Waals surface area contributed by atoms with Gasteiger partial charge in [0.25, 0.3) is 0 Å². The topological polar surface area (TPSA) is 71.5 Å². The van der Waals surface area contributed by atoms with Crippen LogP contribution in [0.1, 0.15) is 39.2 Å². The third-order valence-corrected chi connectivity index (χ3v) is 3.76. The van der Waals surface area contributed by atoms with Crippen molar-refractivity contribution in [2.75, 3.05) is 18.4 Å². The lowest BCUT2D eigenvalue weighted by Gasteiger charge is -2.33. The van der Waals surface area contributed by atoms with Gasteiger partial charge in [0.15, 0.2) is 12.0 Å². The molecular weight excluding hydrogens is 313 g/mol. The summed E-state index contributed by atoms with van der Waals surface area (Å²) < 4.78 is 19.1. The number of hydrogen-bond acceptors (Lipinski definition) is 5. The third kappa shape index (κ3) is 5.56. The van der Waals surface area contributed by atoms with E-state index < -0.39 is 17.4 Å². The molecule has 0 saturated carbocycles. The normalized spacial score (nSPS) is 18.0. The van der Waals surface area contributed by atoms with Gasteiger partial charge >= 0.3 is 6.09 Å². The van der Waals surface area contributed by atoms with Crippen molar-refractivity contribution >= 4 is 18.2 Å². The number of piperidine rings is 1. The fourth-order valence-electron chi connectivity index (χ4n) is 2.51. The fraction of sp³-hybridized carbons (Fsp3) is 0.588. The third-order valence-electron chi connectivity index (χ3n) is 3.76. The standard InChI is InChI=1S/C17H24FN3O3/c1-16(2,3)24-15(23)20-14-10-13(4-7-19-14)11-21-8-5-17(18,12-22)6-9-21/h4,7,10,12H,5-6,8-9,11H2,1-3H3,(H,19,20,23). The number of carbonyl (C=O) groups excluding carboxylic acids is 2. The number of aromatic nitrogens is 1. The molecule has 0 aromatic carbocycles. The second kappa shape index (κ2) is 7.25. The van der Waals surface area contributed by atoms with Crippen LogP contribution in [0, 0.1) is 0 Å². The molecule has 1 amide bonds. The van der Waals surface area contributed by atoms with Crippen LogP contribution in [0.15, 0.2) is 18.3 Å². The first-order chi connectivity index (χ1) is 11.2. The number of alkyl halides is 1. The van der Waals surface area contributed by atoms with Gasteiger partial charge in [0.1, 0.15) is 11.4 Å². The maximum absolute atomic E-state index is 13.9. The van der Waals surface area contributed by atoms with E-state index in [4.69, 9.17) is 4.74 Å². The van der Waals surface area contributed by atoms with E-state index in [1.807, 2.05) is 6.07 Å². The lowest BCUT2D eigenvalue weighted by molar-refractivity contribution is -0.120. The average Bonchev–Trinajstić information content (AvgIpc) is 2.48. The summed E-state index contributed by atoms with van der Waals surface area (Å²) >= 11 is 0. The van der Waals surface area contributed by atoms with Gasteiger partial charge in [-0.1, -0.05) is 0 Å². The molecule has 0 unspecified atom stereocenters. The van der Waals surface area contributed by atoms with Crippen LogP contribution in [0.25, 0.3) is 0 Å². The number of ether oxygens (including phenoxy) is 1. The Morgan fingerprint density at radius 3 is 2.71 bits per heavy atom. The number of nitrogens with one attached hydrogen (secondary N) is 1. The van der Waals surface area contributed by atoms with Crippen LogP contribution in [0.4, 0.5) is 15.0 Å². The van der Waals surface area contributed by atoms with Crippen molar-refractivity contribution in [1.29, 1.82) is 0 Å². The van der Waals surface area contributed by atoms with Crippen LogP contribution in [0.3, 0.4) is 0 Å². The predicted octanol–water partition coefficient (Wildman–Crippen LogP) is 2.93. The monoisotopic (exact) mass is 337 g/mol. The fourth-order valence-corrected chi connectivity index (χ4v) is 2.51. The Hall–Kier alpha value is -2.02. The van der Waals surface area contributed by atoms with Crippen molar-refractivity contribution < 1.29 is 18.7 Å². The highest BCUT2D eigenvalue weighted by atomic mass is 19.1. The minimum atomic E-state index is -1.68. The van der Waals surface area contributed by atoms with Gasteiger partial charge < -0.3 is 4.74 Å². The number of halogens is 1. The summed E-state index contributed by atoms with van der Waals surface area (Å²) in [6.45, 7) is 7.02. The molecule has 1 aliphatic rings. The maximum Gasteiger partial charge on any atom is 0.413 e. The minimum absolute atomic E-state index is 0.213. The Kier molecular flexibility index (Phi) is 5.54. The number of pyridine rings is 1. The van der Waals surface area contributed by atoms with Crippen LogP contribution in [0.2, 0.25) is 0 Å². The number of aldehydes is 1. The predicted molar refractivity (Wildman–Crippen MR) is 88.5 cm³/mol. The zero-order valence-electron chi connectivity index (χ0n) is 14.3. The molecule has 1 aromatic heterocycles. The van der Waals surface area contributed by atoms with E-state index in [9.17, 15) is 14.0 Å². The van der Waals surface area contributed by atoms with Crippen LogP contribution in [-0.4, -0.2) is 46.6 Å². The summed E-state index contributed by atoms with van der Waals surface area (Å²) in [7, 11) is 0. The van der Waals surface area contributed by atoms with Crippen LogP contribution in [0.5, 0.6) is 0 Å². The number of likely N-dealkylation sites (tertiary alicyclic amines) is 1. The first-order valence-electron chi connectivity index (χ1n) is 8.02. The molecule has 132 valence electrons. The summed E-state index contributed by atoms with van der Waals surface area (Å²) in [5.74, 6) is 0.409. The van der Waals surface area contributed by atoms with Crippen molar-refractivity contribution in [1.82, 2.24) is 9.88 Å². The van der Waals surface area contributed by atoms with E-state index in [0.29, 0.717) is 31.7 Å². The maximum atomic E-state index is 13.9. The van der Waals surface area contributed by atoms with Crippen molar-refractivity contribution in [3.8, 4) is 0 Å². The highest BCUT2D eigenvalue weighted by Gasteiger charge is 2.33. The first-order valence-corrected chi connectivity index (χ1v) is 8.02. The second-order valence-electron chi connectivity index (χ2n) is 7.10. The van der Waals surface area contributed by atoms with E-state index in [1.165, 1.54) is 0 Å². The summed E-state index contributed by atoms with van der Waals surface area (Å²) in [5.41, 5.74) is -1.31. The molecule has 1 aromatic rings. The molecule has 1 N–H and O–H groups in total. The molecule has 6 nitrogen and oxygen atoms in total. The molecule has 2 rings (SSSR count). The Balaban J connectivity index is 1.91. The molecule has 0 bridgehead atoms. The highest BCUT2D eigenvalue weighted by molar-refractivity contribution is 5.83. The summed E-state index contributed by atoms with van der Waals surface area (Å²) in [6.07, 6.45) is 1.89. The molecule has 1 aliphatic heterocycles. The Morgan fingerprint density at radius 2 is 2.12 bits per heavy atom. The zero-order chi connectivity index (χ0) is 17.8. The minimum Gasteiger partial charge on any atom is -0.444 e. The molecule has 24 heavy (non-hydrogen) atoms. The molecular formula is C17H24FN3O3. The SMILES string of the molecule is CC(C)(C)OC(=O)Nc1cc(CN2CCC(F)(C=O)CC2)ccn1. The van der Waals surface area contributed by atoms with Crippen molar-refractivity contribution in [3.05, 3.63) is 23.9 Å². The molecule has 7 heteroatoms. The molecule has 0 atom stereocenters. The molecule has 2 heterocycles. The van der Waals surface area contributed by atoms with E-state index in [1.54, 1.807) is 33.0 Å². The van der Waals surface area contributed by atoms with Gasteiger partial charge in [-0.25, -0.2) is 14.2 Å². The van der Waals surface area contributed by atoms with Gasteiger partial charge in [-0.05, 0) is 38.5 Å². The van der Waals surface area contributed by atoms with Crippen LogP contribution in [-0.2, 0) is 16.1 Å². The Morgan fingerprint density at radius 1 is 1.46 bits per heavy atom. The van der Waals surface area contributed by atoms with Gasteiger partial charge in [-0.3, -0.25) is 15.0 Å². The Bertz CT molecular complexity index is 593. The van der Waals surface area contributed by atoms with Gasteiger partial charge in [-0.15, -0.1) is 0 Å². The number of nitrogens with zero attached hydrogens (tertiary/aromatic N) is 2. The quantitative estimate of drug-likeness (QED) is 0.855. The van der Waals surface area contributed by atoms with E-state index in [2.05, 4.69) is 15.2 Å². The van der Waals surface area contributed by atoms with Crippen molar-refractivity contribution in [3.63, 3.8) is 0 Å². The van der Waals surface area contributed by atoms with Gasteiger partial charge in [0, 0.05) is 38.7 Å². The summed E-state index contributed by atoms with van der Waals surface area (Å²) in [6, 6.07) is 3.61. The molecule has 0 radical (unpaired) electrons. The number of hydrogen-bond donors (Lipinski definition) is 1. The molecule has 1 fully saturated rings. The van der Waals surface area contributed by atoms with E-state index >= 15 is 0 Å². The van der Waals surface area contributed by atoms with E-state index in [0.717, 1.165) is 5.56 Å². The second-order valence-corrected chi connectivity index (χ2v) is 7.10. The van der Waals surface area contributed by atoms with Crippen molar-refractivity contribution in [2.45, 2.75) is 51.4 Å². The lowest BCUT2D eigenvalue weighted by atomic mass is 9.95. The van der Waals surface area contributed by atoms with Gasteiger partial charge in [0.2, 0.25) is 0 Å². The van der Waals surface area contributed by atoms with Crippen LogP contribution >= 0.6 is 0 Å². The van der Waals surface area contributed by atoms with Crippen LogP contribution < -0.4 is 5.32 Å². The summed E-state index contributed by atoms with van der Waals surface area (Å²) in [5, 5.41) is 2.60. The number of rotatable bonds is 4. The average molecular weight is 337 g/mol. The van der Waals surface area contributed by atoms with Gasteiger partial charge in [0.05, 0.1) is 0 Å². The largest absolute Gasteiger partial charge is 0.444 e. The number of carbonyl (C=O) groups is 2. The smallest absolute Gasteiger partial charge is 0.413 e. The Labute approximate surface area is 141 Å². The first kappa shape index (κ1) is 18.3. The lowest BCUT2D eigenvalue weighted by Crippen LogP contribution is -2.42. The molecule has 0 spiro atoms. The number of anilines is 1.